The molecule has 2 aliphatic rings. The molecule has 0 spiro atoms. The van der Waals surface area contributed by atoms with Crippen LogP contribution >= 0.6 is 11.6 Å². The molecule has 0 saturated carbocycles. The van der Waals surface area contributed by atoms with Crippen molar-refractivity contribution in [3.05, 3.63) is 23.0 Å². The Labute approximate surface area is 147 Å². The van der Waals surface area contributed by atoms with Crippen LogP contribution in [0.25, 0.3) is 0 Å². The van der Waals surface area contributed by atoms with Gasteiger partial charge in [0.1, 0.15) is 11.3 Å². The van der Waals surface area contributed by atoms with E-state index in [9.17, 15) is 10.2 Å². The Bertz CT molecular complexity index is 647. The molecule has 6 heteroatoms. The largest absolute Gasteiger partial charge is 0.396 e. The summed E-state index contributed by atoms with van der Waals surface area (Å²) >= 11 is 6.08. The van der Waals surface area contributed by atoms with Crippen molar-refractivity contribution >= 4 is 17.3 Å². The van der Waals surface area contributed by atoms with Crippen LogP contribution in [0.2, 0.25) is 5.15 Å². The lowest BCUT2D eigenvalue weighted by Crippen LogP contribution is -2.44. The Morgan fingerprint density at radius 2 is 2.21 bits per heavy atom. The van der Waals surface area contributed by atoms with E-state index in [0.29, 0.717) is 18.2 Å². The Kier molecular flexibility index (Phi) is 5.31. The first kappa shape index (κ1) is 17.5. The van der Waals surface area contributed by atoms with Gasteiger partial charge in [0.05, 0.1) is 24.0 Å². The Hall–Kier alpha value is -1.32. The zero-order valence-electron chi connectivity index (χ0n) is 13.8. The second-order valence-electron chi connectivity index (χ2n) is 6.93. The van der Waals surface area contributed by atoms with Gasteiger partial charge in [0.15, 0.2) is 0 Å². The fourth-order valence-electron chi connectivity index (χ4n) is 2.98. The molecule has 2 unspecified atom stereocenters. The van der Waals surface area contributed by atoms with Crippen molar-refractivity contribution in [1.29, 1.82) is 0 Å². The minimum Gasteiger partial charge on any atom is -0.396 e. The average molecular weight is 351 g/mol. The summed E-state index contributed by atoms with van der Waals surface area (Å²) in [6, 6.07) is 1.85. The van der Waals surface area contributed by atoms with Crippen LogP contribution in [0.15, 0.2) is 12.3 Å². The molecule has 2 atom stereocenters. The zero-order chi connectivity index (χ0) is 17.2. The quantitative estimate of drug-likeness (QED) is 0.643. The van der Waals surface area contributed by atoms with E-state index in [4.69, 9.17) is 16.3 Å². The van der Waals surface area contributed by atoms with E-state index in [0.717, 1.165) is 37.2 Å². The lowest BCUT2D eigenvalue weighted by atomic mass is 9.81. The highest BCUT2D eigenvalue weighted by molar-refractivity contribution is 6.29. The highest BCUT2D eigenvalue weighted by Crippen LogP contribution is 2.34. The van der Waals surface area contributed by atoms with Crippen LogP contribution in [0.4, 0.5) is 5.69 Å². The summed E-state index contributed by atoms with van der Waals surface area (Å²) in [6.07, 6.45) is 3.48. The summed E-state index contributed by atoms with van der Waals surface area (Å²) in [5, 5.41) is 19.5. The van der Waals surface area contributed by atoms with E-state index in [1.807, 2.05) is 6.07 Å². The molecule has 2 N–H and O–H groups in total. The minimum absolute atomic E-state index is 0.00311. The number of anilines is 1. The lowest BCUT2D eigenvalue weighted by Gasteiger charge is -2.39. The number of nitrogens with zero attached hydrogens (tertiary/aromatic N) is 2. The van der Waals surface area contributed by atoms with Crippen molar-refractivity contribution in [3.63, 3.8) is 0 Å². The van der Waals surface area contributed by atoms with Crippen molar-refractivity contribution < 1.29 is 14.9 Å². The second kappa shape index (κ2) is 7.28. The maximum atomic E-state index is 9.52. The number of aromatic nitrogens is 1. The molecular weight excluding hydrogens is 328 g/mol. The van der Waals surface area contributed by atoms with Gasteiger partial charge < -0.3 is 19.8 Å². The highest BCUT2D eigenvalue weighted by Gasteiger charge is 2.30. The van der Waals surface area contributed by atoms with Crippen LogP contribution in [-0.2, 0) is 4.74 Å². The Morgan fingerprint density at radius 3 is 2.79 bits per heavy atom. The van der Waals surface area contributed by atoms with Gasteiger partial charge in [0, 0.05) is 38.4 Å². The Balaban J connectivity index is 1.73. The number of aliphatic hydroxyl groups excluding tert-OH is 2. The normalized spacial score (nSPS) is 25.6. The van der Waals surface area contributed by atoms with Crippen LogP contribution in [0, 0.1) is 17.3 Å². The smallest absolute Gasteiger partial charge is 0.131 e. The third kappa shape index (κ3) is 3.84. The number of halogens is 1. The number of hydrogen-bond acceptors (Lipinski definition) is 5. The standard InChI is InChI=1S/C18H23ClN2O3/c1-18(12-22)5-7-21(8-6-18)14-9-17(19)20-10-13(14)3-2-4-16-15(23)11-24-16/h9-10,15-16,22-23H,4-8,11-12H2,1H3. The predicted molar refractivity (Wildman–Crippen MR) is 93.1 cm³/mol. The molecule has 0 aromatic carbocycles. The zero-order valence-corrected chi connectivity index (χ0v) is 14.6. The van der Waals surface area contributed by atoms with E-state index >= 15 is 0 Å². The fourth-order valence-corrected chi connectivity index (χ4v) is 3.14. The van der Waals surface area contributed by atoms with Crippen LogP contribution in [0.5, 0.6) is 0 Å². The van der Waals surface area contributed by atoms with Gasteiger partial charge >= 0.3 is 0 Å². The average Bonchev–Trinajstić information content (AvgIpc) is 2.59. The topological polar surface area (TPSA) is 65.8 Å². The molecule has 24 heavy (non-hydrogen) atoms. The maximum Gasteiger partial charge on any atom is 0.131 e. The molecule has 0 amide bonds. The molecule has 2 saturated heterocycles. The van der Waals surface area contributed by atoms with Crippen LogP contribution in [-0.4, -0.2) is 53.7 Å². The SMILES string of the molecule is CC1(CO)CCN(c2cc(Cl)ncc2C#CCC2OCC2O)CC1. The molecule has 1 aromatic heterocycles. The molecule has 130 valence electrons. The second-order valence-corrected chi connectivity index (χ2v) is 7.31. The van der Waals surface area contributed by atoms with Gasteiger partial charge in [0.25, 0.3) is 0 Å². The summed E-state index contributed by atoms with van der Waals surface area (Å²) in [5.74, 6) is 6.21. The molecule has 0 bridgehead atoms. The molecule has 2 aliphatic heterocycles. The summed E-state index contributed by atoms with van der Waals surface area (Å²) in [5.41, 5.74) is 1.81. The molecule has 3 rings (SSSR count). The predicted octanol–water partition coefficient (Wildman–Crippen LogP) is 1.84. The highest BCUT2D eigenvalue weighted by atomic mass is 35.5. The number of piperidine rings is 1. The molecule has 1 aromatic rings. The van der Waals surface area contributed by atoms with Gasteiger partial charge in [-0.15, -0.1) is 0 Å². The van der Waals surface area contributed by atoms with E-state index in [1.54, 1.807) is 6.20 Å². The van der Waals surface area contributed by atoms with Gasteiger partial charge in [0.2, 0.25) is 0 Å². The molecule has 0 radical (unpaired) electrons. The molecule has 0 aliphatic carbocycles. The van der Waals surface area contributed by atoms with Crippen molar-refractivity contribution in [3.8, 4) is 11.8 Å². The first-order valence-electron chi connectivity index (χ1n) is 8.31. The molecule has 2 fully saturated rings. The van der Waals surface area contributed by atoms with Crippen molar-refractivity contribution in [2.24, 2.45) is 5.41 Å². The lowest BCUT2D eigenvalue weighted by molar-refractivity contribution is -0.158. The number of pyridine rings is 1. The van der Waals surface area contributed by atoms with E-state index in [-0.39, 0.29) is 18.1 Å². The number of hydrogen-bond donors (Lipinski definition) is 2. The van der Waals surface area contributed by atoms with Gasteiger partial charge in [-0.25, -0.2) is 4.98 Å². The van der Waals surface area contributed by atoms with Gasteiger partial charge in [-0.3, -0.25) is 0 Å². The summed E-state index contributed by atoms with van der Waals surface area (Å²) in [7, 11) is 0. The number of rotatable bonds is 3. The van der Waals surface area contributed by atoms with Crippen molar-refractivity contribution in [1.82, 2.24) is 4.98 Å². The fraction of sp³-hybridized carbons (Fsp3) is 0.611. The summed E-state index contributed by atoms with van der Waals surface area (Å²) in [6.45, 7) is 4.45. The summed E-state index contributed by atoms with van der Waals surface area (Å²) < 4.78 is 5.26. The van der Waals surface area contributed by atoms with Crippen molar-refractivity contribution in [2.45, 2.75) is 38.4 Å². The molecule has 3 heterocycles. The van der Waals surface area contributed by atoms with Crippen LogP contribution < -0.4 is 4.90 Å². The monoisotopic (exact) mass is 350 g/mol. The van der Waals surface area contributed by atoms with Crippen LogP contribution in [0.3, 0.4) is 0 Å². The van der Waals surface area contributed by atoms with Crippen molar-refractivity contribution in [2.75, 3.05) is 31.2 Å². The van der Waals surface area contributed by atoms with E-state index in [2.05, 4.69) is 28.6 Å². The van der Waals surface area contributed by atoms with Gasteiger partial charge in [-0.05, 0) is 18.3 Å². The first-order chi connectivity index (χ1) is 11.5. The molecule has 5 nitrogen and oxygen atoms in total. The number of ether oxygens (including phenoxy) is 1. The summed E-state index contributed by atoms with van der Waals surface area (Å²) in [4.78, 5) is 6.40. The van der Waals surface area contributed by atoms with Gasteiger partial charge in [-0.2, -0.15) is 0 Å². The third-order valence-electron chi connectivity index (χ3n) is 4.98. The number of aliphatic hydroxyl groups is 2. The first-order valence-corrected chi connectivity index (χ1v) is 8.68. The van der Waals surface area contributed by atoms with Crippen LogP contribution in [0.1, 0.15) is 31.7 Å². The van der Waals surface area contributed by atoms with E-state index < -0.39 is 6.10 Å². The van der Waals surface area contributed by atoms with E-state index in [1.165, 1.54) is 0 Å². The minimum atomic E-state index is -0.402. The third-order valence-corrected chi connectivity index (χ3v) is 5.18. The van der Waals surface area contributed by atoms with Gasteiger partial charge in [-0.1, -0.05) is 30.4 Å². The Morgan fingerprint density at radius 1 is 1.46 bits per heavy atom. The molecular formula is C18H23ClN2O3. The maximum absolute atomic E-state index is 9.52.